The van der Waals surface area contributed by atoms with Gasteiger partial charge in [-0.15, -0.1) is 0 Å². The van der Waals surface area contributed by atoms with Gasteiger partial charge in [0.2, 0.25) is 0 Å². The summed E-state index contributed by atoms with van der Waals surface area (Å²) in [6, 6.07) is 2.51. The summed E-state index contributed by atoms with van der Waals surface area (Å²) >= 11 is 0. The molecule has 2 atom stereocenters. The summed E-state index contributed by atoms with van der Waals surface area (Å²) in [5.74, 6) is 1.83. The molecule has 17 heavy (non-hydrogen) atoms. The van der Waals surface area contributed by atoms with Gasteiger partial charge in [0.05, 0.1) is 12.3 Å². The average Bonchev–Trinajstić information content (AvgIpc) is 2.73. The highest BCUT2D eigenvalue weighted by Gasteiger charge is 2.33. The van der Waals surface area contributed by atoms with Crippen molar-refractivity contribution in [3.63, 3.8) is 0 Å². The van der Waals surface area contributed by atoms with Crippen LogP contribution in [0.3, 0.4) is 0 Å². The fraction of sp³-hybridized carbons (Fsp3) is 0.714. The van der Waals surface area contributed by atoms with Crippen LogP contribution in [-0.2, 0) is 0 Å². The highest BCUT2D eigenvalue weighted by Crippen LogP contribution is 2.36. The summed E-state index contributed by atoms with van der Waals surface area (Å²) in [7, 11) is 2.21. The van der Waals surface area contributed by atoms with Crippen LogP contribution in [0.5, 0.6) is 0 Å². The first-order valence-electron chi connectivity index (χ1n) is 6.69. The van der Waals surface area contributed by atoms with E-state index in [0.717, 1.165) is 18.8 Å². The third-order valence-electron chi connectivity index (χ3n) is 3.83. The minimum absolute atomic E-state index is 0.442. The molecule has 1 saturated heterocycles. The summed E-state index contributed by atoms with van der Waals surface area (Å²) in [6.45, 7) is 7.62. The second-order valence-corrected chi connectivity index (χ2v) is 5.10. The molecule has 0 amide bonds. The zero-order valence-electron chi connectivity index (χ0n) is 11.2. The Morgan fingerprint density at radius 3 is 3.00 bits per heavy atom. The fourth-order valence-electron chi connectivity index (χ4n) is 2.90. The molecule has 0 bridgehead atoms. The smallest absolute Gasteiger partial charge is 0.124 e. The van der Waals surface area contributed by atoms with Gasteiger partial charge in [-0.05, 0) is 64.0 Å². The Bertz CT molecular complexity index is 348. The maximum absolute atomic E-state index is 5.71. The lowest BCUT2D eigenvalue weighted by molar-refractivity contribution is 0.101. The molecule has 1 aliphatic rings. The van der Waals surface area contributed by atoms with E-state index in [-0.39, 0.29) is 0 Å². The number of nitrogens with one attached hydrogen (secondary N) is 1. The number of hydrogen-bond acceptors (Lipinski definition) is 3. The maximum atomic E-state index is 5.71. The quantitative estimate of drug-likeness (QED) is 0.871. The van der Waals surface area contributed by atoms with E-state index in [1.54, 1.807) is 0 Å². The predicted molar refractivity (Wildman–Crippen MR) is 70.1 cm³/mol. The minimum Gasteiger partial charge on any atom is -0.467 e. The number of likely N-dealkylation sites (tertiary alicyclic amines) is 1. The van der Waals surface area contributed by atoms with Crippen molar-refractivity contribution in [1.82, 2.24) is 10.2 Å². The summed E-state index contributed by atoms with van der Waals surface area (Å²) in [6.07, 6.45) is 4.41. The van der Waals surface area contributed by atoms with Crippen LogP contribution < -0.4 is 5.32 Å². The van der Waals surface area contributed by atoms with Crippen LogP contribution in [0, 0.1) is 12.8 Å². The van der Waals surface area contributed by atoms with Gasteiger partial charge in [0.15, 0.2) is 0 Å². The lowest BCUT2D eigenvalue weighted by atomic mass is 9.87. The van der Waals surface area contributed by atoms with Gasteiger partial charge in [0, 0.05) is 0 Å². The molecule has 96 valence electrons. The monoisotopic (exact) mass is 236 g/mol. The summed E-state index contributed by atoms with van der Waals surface area (Å²) in [4.78, 5) is 2.44. The Morgan fingerprint density at radius 2 is 2.35 bits per heavy atom. The fourth-order valence-corrected chi connectivity index (χ4v) is 2.90. The Kier molecular flexibility index (Phi) is 4.24. The van der Waals surface area contributed by atoms with E-state index in [4.69, 9.17) is 4.42 Å². The molecule has 2 rings (SSSR count). The zero-order valence-corrected chi connectivity index (χ0v) is 11.2. The Hall–Kier alpha value is -0.800. The number of nitrogens with zero attached hydrogens (tertiary/aromatic N) is 1. The molecular formula is C14H24N2O. The molecule has 1 aromatic heterocycles. The van der Waals surface area contributed by atoms with Crippen LogP contribution in [0.25, 0.3) is 0 Å². The van der Waals surface area contributed by atoms with Gasteiger partial charge in [-0.3, -0.25) is 4.90 Å². The molecule has 0 spiro atoms. The van der Waals surface area contributed by atoms with Crippen molar-refractivity contribution in [3.8, 4) is 0 Å². The first kappa shape index (κ1) is 12.7. The van der Waals surface area contributed by atoms with Crippen molar-refractivity contribution in [3.05, 3.63) is 23.7 Å². The van der Waals surface area contributed by atoms with E-state index in [1.165, 1.54) is 24.9 Å². The normalized spacial score (nSPS) is 26.3. The van der Waals surface area contributed by atoms with Crippen LogP contribution in [0.1, 0.15) is 37.1 Å². The Balaban J connectivity index is 2.16. The third-order valence-corrected chi connectivity index (χ3v) is 3.83. The van der Waals surface area contributed by atoms with Gasteiger partial charge in [-0.1, -0.05) is 6.92 Å². The van der Waals surface area contributed by atoms with Crippen LogP contribution in [0.4, 0.5) is 0 Å². The van der Waals surface area contributed by atoms with Crippen molar-refractivity contribution in [1.29, 1.82) is 0 Å². The molecule has 1 aromatic rings. The lowest BCUT2D eigenvalue weighted by Gasteiger charge is -2.38. The molecule has 2 heterocycles. The van der Waals surface area contributed by atoms with Crippen molar-refractivity contribution in [2.24, 2.45) is 5.92 Å². The van der Waals surface area contributed by atoms with Crippen molar-refractivity contribution < 1.29 is 4.42 Å². The van der Waals surface area contributed by atoms with Crippen molar-refractivity contribution in [2.45, 2.75) is 32.7 Å². The van der Waals surface area contributed by atoms with Crippen molar-refractivity contribution in [2.75, 3.05) is 26.7 Å². The molecule has 3 heteroatoms. The maximum Gasteiger partial charge on any atom is 0.124 e. The number of furan rings is 1. The largest absolute Gasteiger partial charge is 0.467 e. The molecule has 0 aliphatic carbocycles. The standard InChI is InChI=1S/C14H24N2O/c1-4-15-10-12-6-5-8-16(3)13(12)14-11(2)7-9-17-14/h7,9,12-13,15H,4-6,8,10H2,1-3H3. The van der Waals surface area contributed by atoms with E-state index in [0.29, 0.717) is 12.0 Å². The van der Waals surface area contributed by atoms with Crippen LogP contribution in [0.15, 0.2) is 16.7 Å². The molecular weight excluding hydrogens is 212 g/mol. The molecule has 2 unspecified atom stereocenters. The number of hydrogen-bond donors (Lipinski definition) is 1. The van der Waals surface area contributed by atoms with E-state index in [1.807, 2.05) is 6.26 Å². The van der Waals surface area contributed by atoms with Gasteiger partial charge in [0.1, 0.15) is 5.76 Å². The van der Waals surface area contributed by atoms with Crippen LogP contribution >= 0.6 is 0 Å². The molecule has 0 aromatic carbocycles. The molecule has 0 radical (unpaired) electrons. The van der Waals surface area contributed by atoms with Crippen LogP contribution in [-0.4, -0.2) is 31.6 Å². The average molecular weight is 236 g/mol. The van der Waals surface area contributed by atoms with E-state index in [9.17, 15) is 0 Å². The lowest BCUT2D eigenvalue weighted by Crippen LogP contribution is -2.40. The van der Waals surface area contributed by atoms with E-state index >= 15 is 0 Å². The van der Waals surface area contributed by atoms with Crippen LogP contribution in [0.2, 0.25) is 0 Å². The topological polar surface area (TPSA) is 28.4 Å². The molecule has 3 nitrogen and oxygen atoms in total. The minimum atomic E-state index is 0.442. The third kappa shape index (κ3) is 2.72. The second kappa shape index (κ2) is 5.69. The molecule has 1 fully saturated rings. The first-order valence-corrected chi connectivity index (χ1v) is 6.69. The van der Waals surface area contributed by atoms with E-state index in [2.05, 4.69) is 37.2 Å². The zero-order chi connectivity index (χ0) is 12.3. The highest BCUT2D eigenvalue weighted by molar-refractivity contribution is 5.19. The highest BCUT2D eigenvalue weighted by atomic mass is 16.3. The van der Waals surface area contributed by atoms with Gasteiger partial charge in [-0.2, -0.15) is 0 Å². The SMILES string of the molecule is CCNCC1CCCN(C)C1c1occc1C. The molecule has 0 saturated carbocycles. The first-order chi connectivity index (χ1) is 8.24. The second-order valence-electron chi connectivity index (χ2n) is 5.10. The van der Waals surface area contributed by atoms with Gasteiger partial charge >= 0.3 is 0 Å². The number of rotatable bonds is 4. The summed E-state index contributed by atoms with van der Waals surface area (Å²) in [5.41, 5.74) is 1.28. The summed E-state index contributed by atoms with van der Waals surface area (Å²) < 4.78 is 5.71. The van der Waals surface area contributed by atoms with E-state index < -0.39 is 0 Å². The molecule has 1 aliphatic heterocycles. The van der Waals surface area contributed by atoms with Gasteiger partial charge in [0.25, 0.3) is 0 Å². The number of piperidine rings is 1. The Labute approximate surface area is 104 Å². The molecule has 1 N–H and O–H groups in total. The predicted octanol–water partition coefficient (Wildman–Crippen LogP) is 2.58. The number of aryl methyl sites for hydroxylation is 1. The van der Waals surface area contributed by atoms with Gasteiger partial charge < -0.3 is 9.73 Å². The van der Waals surface area contributed by atoms with Gasteiger partial charge in [-0.25, -0.2) is 0 Å². The van der Waals surface area contributed by atoms with Crippen molar-refractivity contribution >= 4 is 0 Å². The Morgan fingerprint density at radius 1 is 1.53 bits per heavy atom. The summed E-state index contributed by atoms with van der Waals surface area (Å²) in [5, 5.41) is 3.48.